The lowest BCUT2D eigenvalue weighted by molar-refractivity contribution is -0.114. The van der Waals surface area contributed by atoms with E-state index in [-0.39, 0.29) is 5.91 Å². The smallest absolute Gasteiger partial charge is 0.280 e. The van der Waals surface area contributed by atoms with Crippen molar-refractivity contribution in [3.63, 3.8) is 0 Å². The maximum atomic E-state index is 13.2. The van der Waals surface area contributed by atoms with E-state index in [2.05, 4.69) is 26.7 Å². The minimum atomic E-state index is -0.542. The molecule has 0 fully saturated rings. The number of likely N-dealkylation sites (N-methyl/N-ethyl adjacent to an activating group) is 1. The molecule has 1 N–H and O–H groups in total. The van der Waals surface area contributed by atoms with Crippen LogP contribution in [0.4, 0.5) is 5.69 Å². The van der Waals surface area contributed by atoms with Crippen LogP contribution in [0, 0.1) is 0 Å². The number of rotatable bonds is 8. The molecule has 1 aliphatic rings. The summed E-state index contributed by atoms with van der Waals surface area (Å²) in [5.41, 5.74) is 5.18. The van der Waals surface area contributed by atoms with E-state index in [0.717, 1.165) is 28.7 Å². The van der Waals surface area contributed by atoms with Crippen LogP contribution in [0.1, 0.15) is 18.1 Å². The summed E-state index contributed by atoms with van der Waals surface area (Å²) in [7, 11) is 2.02. The van der Waals surface area contributed by atoms with Gasteiger partial charge >= 0.3 is 0 Å². The highest BCUT2D eigenvalue weighted by Crippen LogP contribution is 2.28. The minimum Gasteiger partial charge on any atom is -0.390 e. The number of amides is 1. The van der Waals surface area contributed by atoms with Gasteiger partial charge in [-0.25, -0.2) is 0 Å². The highest BCUT2D eigenvalue weighted by Gasteiger charge is 2.29. The normalized spacial score (nSPS) is 15.8. The number of benzene rings is 3. The van der Waals surface area contributed by atoms with Gasteiger partial charge in [-0.3, -0.25) is 9.69 Å². The molecule has 0 saturated heterocycles. The molecule has 3 aromatic carbocycles. The molecule has 1 amide bonds. The first kappa shape index (κ1) is 23.7. The third-order valence-corrected chi connectivity index (χ3v) is 6.41. The zero-order valence-electron chi connectivity index (χ0n) is 20.6. The van der Waals surface area contributed by atoms with Crippen molar-refractivity contribution >= 4 is 34.3 Å². The van der Waals surface area contributed by atoms with Gasteiger partial charge in [-0.1, -0.05) is 66.7 Å². The molecule has 0 radical (unpaired) electrons. The average molecular weight is 479 g/mol. The van der Waals surface area contributed by atoms with E-state index in [0.29, 0.717) is 24.4 Å². The van der Waals surface area contributed by atoms with E-state index in [1.165, 1.54) is 10.6 Å². The summed E-state index contributed by atoms with van der Waals surface area (Å²) in [6, 6.07) is 27.8. The molecule has 1 aromatic heterocycles. The quantitative estimate of drug-likeness (QED) is 0.365. The van der Waals surface area contributed by atoms with Crippen molar-refractivity contribution in [2.75, 3.05) is 18.6 Å². The third kappa shape index (κ3) is 5.00. The van der Waals surface area contributed by atoms with Crippen molar-refractivity contribution in [1.29, 1.82) is 0 Å². The predicted molar refractivity (Wildman–Crippen MR) is 146 cm³/mol. The molecule has 6 heteroatoms. The average Bonchev–Trinajstić information content (AvgIpc) is 3.37. The Morgan fingerprint density at radius 2 is 1.64 bits per heavy atom. The van der Waals surface area contributed by atoms with Crippen LogP contribution < -0.4 is 5.01 Å². The van der Waals surface area contributed by atoms with E-state index >= 15 is 0 Å². The van der Waals surface area contributed by atoms with Gasteiger partial charge in [0.1, 0.15) is 0 Å². The topological polar surface area (TPSA) is 61.1 Å². The Hall–Kier alpha value is -4.00. The largest absolute Gasteiger partial charge is 0.390 e. The minimum absolute atomic E-state index is 0.141. The van der Waals surface area contributed by atoms with E-state index in [9.17, 15) is 9.90 Å². The molecule has 182 valence electrons. The zero-order chi connectivity index (χ0) is 25.1. The maximum absolute atomic E-state index is 13.2. The third-order valence-electron chi connectivity index (χ3n) is 6.41. The Morgan fingerprint density at radius 3 is 2.39 bits per heavy atom. The summed E-state index contributed by atoms with van der Waals surface area (Å²) < 4.78 is 2.07. The fraction of sp³-hybridized carbons (Fsp3) is 0.200. The number of anilines is 1. The van der Waals surface area contributed by atoms with Crippen LogP contribution in [-0.4, -0.2) is 45.9 Å². The van der Waals surface area contributed by atoms with Crippen molar-refractivity contribution in [2.45, 2.75) is 26.1 Å². The first-order chi connectivity index (χ1) is 17.5. The number of nitrogens with zero attached hydrogens (tertiary/aromatic N) is 4. The lowest BCUT2D eigenvalue weighted by Crippen LogP contribution is -2.31. The van der Waals surface area contributed by atoms with E-state index < -0.39 is 6.10 Å². The van der Waals surface area contributed by atoms with Crippen LogP contribution in [0.2, 0.25) is 0 Å². The van der Waals surface area contributed by atoms with Gasteiger partial charge in [0.05, 0.1) is 23.1 Å². The molecular formula is C30H30N4O2. The molecule has 0 spiro atoms. The van der Waals surface area contributed by atoms with Gasteiger partial charge in [0.25, 0.3) is 5.91 Å². The lowest BCUT2D eigenvalue weighted by atomic mass is 10.1. The van der Waals surface area contributed by atoms with E-state index in [1.807, 2.05) is 99.0 Å². The summed E-state index contributed by atoms with van der Waals surface area (Å²) in [4.78, 5) is 15.3. The number of para-hydroxylation sites is 2. The second kappa shape index (κ2) is 10.3. The van der Waals surface area contributed by atoms with Crippen LogP contribution in [-0.2, 0) is 17.9 Å². The monoisotopic (exact) mass is 478 g/mol. The molecule has 0 unspecified atom stereocenters. The molecule has 0 aliphatic carbocycles. The molecule has 5 rings (SSSR count). The van der Waals surface area contributed by atoms with Gasteiger partial charge < -0.3 is 9.67 Å². The number of carbonyl (C=O) groups is 1. The number of aromatic nitrogens is 1. The number of hydrazone groups is 1. The van der Waals surface area contributed by atoms with Crippen LogP contribution in [0.5, 0.6) is 0 Å². The molecule has 36 heavy (non-hydrogen) atoms. The summed E-state index contributed by atoms with van der Waals surface area (Å²) in [5, 5.41) is 17.9. The van der Waals surface area contributed by atoms with Crippen LogP contribution >= 0.6 is 0 Å². The molecule has 0 bridgehead atoms. The fourth-order valence-electron chi connectivity index (χ4n) is 4.73. The van der Waals surface area contributed by atoms with Gasteiger partial charge in [-0.05, 0) is 43.8 Å². The van der Waals surface area contributed by atoms with Crippen molar-refractivity contribution in [2.24, 2.45) is 5.10 Å². The number of aliphatic hydroxyl groups excluding tert-OH is 1. The Bertz CT molecular complexity index is 1420. The van der Waals surface area contributed by atoms with E-state index in [1.54, 1.807) is 0 Å². The summed E-state index contributed by atoms with van der Waals surface area (Å²) in [6.07, 6.45) is 3.39. The van der Waals surface area contributed by atoms with Gasteiger partial charge in [-0.2, -0.15) is 10.1 Å². The highest BCUT2D eigenvalue weighted by molar-refractivity contribution is 6.32. The zero-order valence-corrected chi connectivity index (χ0v) is 20.6. The first-order valence-corrected chi connectivity index (χ1v) is 12.1. The number of carbonyl (C=O) groups excluding carboxylic acids is 1. The predicted octanol–water partition coefficient (Wildman–Crippen LogP) is 4.94. The summed E-state index contributed by atoms with van der Waals surface area (Å²) >= 11 is 0. The molecule has 6 nitrogen and oxygen atoms in total. The second-order valence-corrected chi connectivity index (χ2v) is 9.29. The van der Waals surface area contributed by atoms with Crippen LogP contribution in [0.25, 0.3) is 17.0 Å². The van der Waals surface area contributed by atoms with Crippen LogP contribution in [0.3, 0.4) is 0 Å². The fourth-order valence-corrected chi connectivity index (χ4v) is 4.73. The Kier molecular flexibility index (Phi) is 6.80. The van der Waals surface area contributed by atoms with Gasteiger partial charge in [-0.15, -0.1) is 0 Å². The van der Waals surface area contributed by atoms with E-state index in [4.69, 9.17) is 0 Å². The number of fused-ring (bicyclic) bond motifs is 1. The van der Waals surface area contributed by atoms with Gasteiger partial charge in [0.2, 0.25) is 0 Å². The molecule has 1 atom stereocenters. The summed E-state index contributed by atoms with van der Waals surface area (Å²) in [6.45, 7) is 3.65. The molecule has 1 aliphatic heterocycles. The number of aliphatic hydroxyl groups is 1. The Morgan fingerprint density at radius 1 is 0.972 bits per heavy atom. The SMILES string of the molecule is CC1=NN(c2ccccc2)C(=O)/C1=C/c1cn(C[C@H](O)CN(C)Cc2ccccc2)c2ccccc12. The van der Waals surface area contributed by atoms with Crippen molar-refractivity contribution in [3.05, 3.63) is 108 Å². The second-order valence-electron chi connectivity index (χ2n) is 9.29. The first-order valence-electron chi connectivity index (χ1n) is 12.1. The molecule has 0 saturated carbocycles. The Balaban J connectivity index is 1.36. The van der Waals surface area contributed by atoms with Crippen molar-refractivity contribution < 1.29 is 9.90 Å². The Labute approximate surface area is 211 Å². The van der Waals surface area contributed by atoms with Crippen LogP contribution in [0.15, 0.2) is 102 Å². The number of hydrogen-bond donors (Lipinski definition) is 1. The van der Waals surface area contributed by atoms with Crippen molar-refractivity contribution in [3.8, 4) is 0 Å². The summed E-state index contributed by atoms with van der Waals surface area (Å²) in [5.74, 6) is -0.141. The standard InChI is InChI=1S/C30H30N4O2/c1-22-28(30(36)34(31-22)25-13-7-4-8-14-25)17-24-19-33(29-16-10-9-15-27(24)29)21-26(35)20-32(2)18-23-11-5-3-6-12-23/h3-17,19,26,35H,18,20-21H2,1-2H3/b28-17+/t26-/m1/s1. The maximum Gasteiger partial charge on any atom is 0.280 e. The van der Waals surface area contributed by atoms with Gasteiger partial charge in [0, 0.05) is 42.3 Å². The number of hydrogen-bond acceptors (Lipinski definition) is 4. The lowest BCUT2D eigenvalue weighted by Gasteiger charge is -2.21. The molecule has 2 heterocycles. The highest BCUT2D eigenvalue weighted by atomic mass is 16.3. The molecule has 4 aromatic rings. The molecular weight excluding hydrogens is 448 g/mol. The van der Waals surface area contributed by atoms with Crippen molar-refractivity contribution in [1.82, 2.24) is 9.47 Å². The van der Waals surface area contributed by atoms with Gasteiger partial charge in [0.15, 0.2) is 0 Å².